The lowest BCUT2D eigenvalue weighted by atomic mass is 9.99. The average Bonchev–Trinajstić information content (AvgIpc) is 2.96. The number of likely N-dealkylation sites (tertiary alicyclic amines) is 1. The molecule has 0 saturated carbocycles. The van der Waals surface area contributed by atoms with Gasteiger partial charge in [-0.15, -0.1) is 0 Å². The summed E-state index contributed by atoms with van der Waals surface area (Å²) in [6.45, 7) is 5.18. The normalized spacial score (nSPS) is 15.3. The van der Waals surface area contributed by atoms with E-state index in [0.717, 1.165) is 50.0 Å². The number of hydrogen-bond donors (Lipinski definition) is 1. The van der Waals surface area contributed by atoms with E-state index >= 15 is 0 Å². The van der Waals surface area contributed by atoms with Gasteiger partial charge in [-0.25, -0.2) is 13.4 Å². The van der Waals surface area contributed by atoms with Crippen molar-refractivity contribution in [3.63, 3.8) is 0 Å². The summed E-state index contributed by atoms with van der Waals surface area (Å²) >= 11 is 5.99. The molecule has 1 fully saturated rings. The molecule has 1 saturated heterocycles. The van der Waals surface area contributed by atoms with Gasteiger partial charge in [0.05, 0.1) is 17.4 Å². The Bertz CT molecular complexity index is 1430. The molecule has 0 aliphatic carbocycles. The number of rotatable bonds is 11. The average molecular weight is 597 g/mol. The first-order valence-electron chi connectivity index (χ1n) is 13.9. The smallest absolute Gasteiger partial charge is 0.251 e. The first-order chi connectivity index (χ1) is 19.6. The number of hydrogen-bond acceptors (Lipinski definition) is 6. The van der Waals surface area contributed by atoms with Crippen molar-refractivity contribution >= 4 is 33.3 Å². The molecule has 1 aromatic heterocycles. The summed E-state index contributed by atoms with van der Waals surface area (Å²) in [6.07, 6.45) is 5.46. The Hall–Kier alpha value is -3.27. The minimum Gasteiger partial charge on any atom is -0.345 e. The first kappa shape index (κ1) is 30.7. The summed E-state index contributed by atoms with van der Waals surface area (Å²) in [5.41, 5.74) is 2.33. The molecule has 1 N–H and O–H groups in total. The van der Waals surface area contributed by atoms with Crippen LogP contribution in [0.15, 0.2) is 77.8 Å². The standard InChI is InChI=1S/C31H37ClN4O4S/c1-3-36(30(37)21-23-9-11-27(12-10-23)41(2,39)40)26-14-18-35(19-15-26)20-16-28(24-7-5-4-6-8-24)34-31(38)25-13-17-33-29(32)22-25/h4-13,17,22,26,28H,3,14-16,18-21H2,1-2H3,(H,34,38)/t28-/m0/s1. The number of likely N-dealkylation sites (N-methyl/N-ethyl adjacent to an activating group) is 1. The van der Waals surface area contributed by atoms with Crippen LogP contribution in [-0.4, -0.2) is 73.5 Å². The van der Waals surface area contributed by atoms with Gasteiger partial charge < -0.3 is 15.1 Å². The van der Waals surface area contributed by atoms with Crippen molar-refractivity contribution < 1.29 is 18.0 Å². The molecule has 1 aliphatic heterocycles. The molecule has 0 spiro atoms. The Kier molecular flexibility index (Phi) is 10.5. The second-order valence-corrected chi connectivity index (χ2v) is 12.8. The molecule has 4 rings (SSSR count). The monoisotopic (exact) mass is 596 g/mol. The molecule has 10 heteroatoms. The zero-order valence-corrected chi connectivity index (χ0v) is 25.1. The minimum atomic E-state index is -3.27. The van der Waals surface area contributed by atoms with Gasteiger partial charge in [0.1, 0.15) is 5.15 Å². The fraction of sp³-hybridized carbons (Fsp3) is 0.387. The van der Waals surface area contributed by atoms with E-state index in [4.69, 9.17) is 11.6 Å². The number of benzene rings is 2. The van der Waals surface area contributed by atoms with Crippen LogP contribution in [0.1, 0.15) is 53.7 Å². The quantitative estimate of drug-likeness (QED) is 0.326. The second kappa shape index (κ2) is 14.1. The Morgan fingerprint density at radius 1 is 1.07 bits per heavy atom. The number of pyridine rings is 1. The zero-order valence-electron chi connectivity index (χ0n) is 23.5. The maximum absolute atomic E-state index is 13.2. The van der Waals surface area contributed by atoms with Crippen LogP contribution in [0.2, 0.25) is 5.15 Å². The van der Waals surface area contributed by atoms with Gasteiger partial charge in [-0.3, -0.25) is 9.59 Å². The van der Waals surface area contributed by atoms with Crippen LogP contribution in [0.5, 0.6) is 0 Å². The van der Waals surface area contributed by atoms with Gasteiger partial charge in [0.25, 0.3) is 5.91 Å². The molecule has 2 amide bonds. The molecule has 41 heavy (non-hydrogen) atoms. The maximum atomic E-state index is 13.2. The van der Waals surface area contributed by atoms with Crippen LogP contribution in [-0.2, 0) is 21.1 Å². The topological polar surface area (TPSA) is 99.7 Å². The second-order valence-electron chi connectivity index (χ2n) is 10.4. The number of nitrogens with one attached hydrogen (secondary N) is 1. The molecule has 2 heterocycles. The third-order valence-electron chi connectivity index (χ3n) is 7.60. The summed E-state index contributed by atoms with van der Waals surface area (Å²) in [7, 11) is -3.27. The first-order valence-corrected chi connectivity index (χ1v) is 16.2. The Morgan fingerprint density at radius 3 is 2.37 bits per heavy atom. The SMILES string of the molecule is CCN(C(=O)Cc1ccc(S(C)(=O)=O)cc1)C1CCN(CC[C@H](NC(=O)c2ccnc(Cl)c2)c2ccccc2)CC1. The van der Waals surface area contributed by atoms with Crippen molar-refractivity contribution in [1.29, 1.82) is 0 Å². The molecule has 0 radical (unpaired) electrons. The molecule has 218 valence electrons. The van der Waals surface area contributed by atoms with E-state index in [2.05, 4.69) is 15.2 Å². The van der Waals surface area contributed by atoms with Crippen LogP contribution in [0.4, 0.5) is 0 Å². The van der Waals surface area contributed by atoms with Gasteiger partial charge >= 0.3 is 0 Å². The Morgan fingerprint density at radius 2 is 1.76 bits per heavy atom. The number of nitrogens with zero attached hydrogens (tertiary/aromatic N) is 3. The van der Waals surface area contributed by atoms with E-state index in [1.165, 1.54) is 12.5 Å². The third kappa shape index (κ3) is 8.61. The number of aromatic nitrogens is 1. The Balaban J connectivity index is 1.31. The van der Waals surface area contributed by atoms with Crippen LogP contribution >= 0.6 is 11.6 Å². The highest BCUT2D eigenvalue weighted by atomic mass is 35.5. The van der Waals surface area contributed by atoms with Gasteiger partial charge in [-0.2, -0.15) is 0 Å². The summed E-state index contributed by atoms with van der Waals surface area (Å²) in [5, 5.41) is 3.44. The highest BCUT2D eigenvalue weighted by molar-refractivity contribution is 7.90. The predicted octanol–water partition coefficient (Wildman–Crippen LogP) is 4.56. The third-order valence-corrected chi connectivity index (χ3v) is 8.93. The summed E-state index contributed by atoms with van der Waals surface area (Å²) in [4.78, 5) is 34.7. The van der Waals surface area contributed by atoms with Crippen molar-refractivity contribution in [2.24, 2.45) is 0 Å². The lowest BCUT2D eigenvalue weighted by molar-refractivity contribution is -0.133. The molecular formula is C31H37ClN4O4S. The number of halogens is 1. The van der Waals surface area contributed by atoms with Crippen LogP contribution in [0.3, 0.4) is 0 Å². The molecule has 0 unspecified atom stereocenters. The number of carbonyl (C=O) groups is 2. The number of amides is 2. The maximum Gasteiger partial charge on any atom is 0.251 e. The molecule has 0 bridgehead atoms. The number of sulfone groups is 1. The summed E-state index contributed by atoms with van der Waals surface area (Å²) in [5.74, 6) is -0.133. The fourth-order valence-electron chi connectivity index (χ4n) is 5.33. The highest BCUT2D eigenvalue weighted by Gasteiger charge is 2.27. The molecule has 3 aromatic rings. The molecular weight excluding hydrogens is 560 g/mol. The molecule has 1 atom stereocenters. The van der Waals surface area contributed by atoms with Crippen LogP contribution in [0.25, 0.3) is 0 Å². The van der Waals surface area contributed by atoms with Crippen molar-refractivity contribution in [3.8, 4) is 0 Å². The summed E-state index contributed by atoms with van der Waals surface area (Å²) in [6, 6.07) is 19.7. The van der Waals surface area contributed by atoms with Gasteiger partial charge in [0.15, 0.2) is 9.84 Å². The fourth-order valence-corrected chi connectivity index (χ4v) is 6.13. The number of carbonyl (C=O) groups excluding carboxylic acids is 2. The lowest BCUT2D eigenvalue weighted by Gasteiger charge is -2.38. The van der Waals surface area contributed by atoms with E-state index in [0.29, 0.717) is 12.1 Å². The molecule has 8 nitrogen and oxygen atoms in total. The van der Waals surface area contributed by atoms with Crippen molar-refractivity contribution in [1.82, 2.24) is 20.1 Å². The van der Waals surface area contributed by atoms with E-state index in [1.807, 2.05) is 42.2 Å². The van der Waals surface area contributed by atoms with Gasteiger partial charge in [0.2, 0.25) is 5.91 Å². The van der Waals surface area contributed by atoms with Gasteiger partial charge in [0, 0.05) is 50.2 Å². The van der Waals surface area contributed by atoms with E-state index in [-0.39, 0.29) is 40.4 Å². The van der Waals surface area contributed by atoms with Crippen molar-refractivity contribution in [2.75, 3.05) is 32.4 Å². The zero-order chi connectivity index (χ0) is 29.4. The molecule has 2 aromatic carbocycles. The van der Waals surface area contributed by atoms with E-state index < -0.39 is 9.84 Å². The number of piperidine rings is 1. The predicted molar refractivity (Wildman–Crippen MR) is 161 cm³/mol. The van der Waals surface area contributed by atoms with Crippen molar-refractivity contribution in [3.05, 3.63) is 94.8 Å². The van der Waals surface area contributed by atoms with E-state index in [1.54, 1.807) is 36.4 Å². The van der Waals surface area contributed by atoms with E-state index in [9.17, 15) is 18.0 Å². The largest absolute Gasteiger partial charge is 0.345 e. The van der Waals surface area contributed by atoms with Gasteiger partial charge in [-0.05, 0) is 61.6 Å². The lowest BCUT2D eigenvalue weighted by Crippen LogP contribution is -2.48. The minimum absolute atomic E-state index is 0.0566. The highest BCUT2D eigenvalue weighted by Crippen LogP contribution is 2.22. The van der Waals surface area contributed by atoms with Crippen molar-refractivity contribution in [2.45, 2.75) is 49.6 Å². The molecule has 1 aliphatic rings. The summed E-state index contributed by atoms with van der Waals surface area (Å²) < 4.78 is 23.4. The van der Waals surface area contributed by atoms with Crippen LogP contribution in [0, 0.1) is 0 Å². The van der Waals surface area contributed by atoms with Gasteiger partial charge in [-0.1, -0.05) is 54.1 Å². The van der Waals surface area contributed by atoms with Crippen LogP contribution < -0.4 is 5.32 Å². The Labute approximate surface area is 247 Å².